The minimum Gasteiger partial charge on any atom is -0.387 e. The number of pyridine rings is 1. The molecule has 0 bridgehead atoms. The Hall–Kier alpha value is -2.24. The summed E-state index contributed by atoms with van der Waals surface area (Å²) in [5.74, 6) is 0. The summed E-state index contributed by atoms with van der Waals surface area (Å²) in [5, 5.41) is 14.9. The molecule has 0 saturated heterocycles. The van der Waals surface area contributed by atoms with Crippen LogP contribution in [0.5, 0.6) is 0 Å². The van der Waals surface area contributed by atoms with E-state index in [-0.39, 0.29) is 30.3 Å². The van der Waals surface area contributed by atoms with E-state index < -0.39 is 41.5 Å². The highest BCUT2D eigenvalue weighted by atomic mass is 32.1. The van der Waals surface area contributed by atoms with E-state index in [4.69, 9.17) is 0 Å². The Morgan fingerprint density at radius 1 is 1.20 bits per heavy atom. The maximum absolute atomic E-state index is 13.3. The van der Waals surface area contributed by atoms with Crippen LogP contribution in [0.2, 0.25) is 0 Å². The lowest BCUT2D eigenvalue weighted by atomic mass is 9.97. The summed E-state index contributed by atoms with van der Waals surface area (Å²) in [7, 11) is 0. The fourth-order valence-electron chi connectivity index (χ4n) is 3.14. The molecule has 3 rings (SSSR count). The van der Waals surface area contributed by atoms with Crippen LogP contribution in [0.1, 0.15) is 40.9 Å². The first-order valence-electron chi connectivity index (χ1n) is 8.85. The van der Waals surface area contributed by atoms with Crippen LogP contribution in [0, 0.1) is 0 Å². The van der Waals surface area contributed by atoms with Crippen molar-refractivity contribution in [2.45, 2.75) is 37.8 Å². The predicted octanol–water partition coefficient (Wildman–Crippen LogP) is 3.31. The van der Waals surface area contributed by atoms with Crippen molar-refractivity contribution in [3.8, 4) is 0 Å². The molecule has 2 aromatic heterocycles. The number of hydrogen-bond donors (Lipinski definition) is 2. The third-order valence-corrected chi connectivity index (χ3v) is 5.39. The van der Waals surface area contributed by atoms with Gasteiger partial charge in [-0.25, -0.2) is 9.97 Å². The van der Waals surface area contributed by atoms with Crippen LogP contribution in [0.25, 0.3) is 17.7 Å². The first kappa shape index (κ1) is 22.4. The Bertz CT molecular complexity index is 1060. The first-order chi connectivity index (χ1) is 14.0. The van der Waals surface area contributed by atoms with Crippen molar-refractivity contribution in [3.63, 3.8) is 0 Å². The smallest absolute Gasteiger partial charge is 0.387 e. The maximum atomic E-state index is 13.3. The van der Waals surface area contributed by atoms with Crippen LogP contribution in [0.4, 0.5) is 26.3 Å². The molecule has 0 spiro atoms. The van der Waals surface area contributed by atoms with Gasteiger partial charge in [0.25, 0.3) is 0 Å². The van der Waals surface area contributed by atoms with E-state index in [1.54, 1.807) is 11.5 Å². The quantitative estimate of drug-likeness (QED) is 0.665. The molecule has 0 fully saturated rings. The zero-order valence-corrected chi connectivity index (χ0v) is 16.3. The van der Waals surface area contributed by atoms with E-state index in [9.17, 15) is 31.4 Å². The van der Waals surface area contributed by atoms with Crippen molar-refractivity contribution in [1.29, 1.82) is 0 Å². The lowest BCUT2D eigenvalue weighted by Crippen LogP contribution is -2.42. The summed E-state index contributed by atoms with van der Waals surface area (Å²) in [6.45, 7) is 3.64. The number of fused-ring (bicyclic) bond motifs is 1. The van der Waals surface area contributed by atoms with Gasteiger partial charge < -0.3 is 10.4 Å². The molecule has 1 aliphatic carbocycles. The van der Waals surface area contributed by atoms with Crippen LogP contribution in [0.15, 0.2) is 18.0 Å². The number of hydrogen-bond acceptors (Lipinski definition) is 5. The molecule has 11 heteroatoms. The summed E-state index contributed by atoms with van der Waals surface area (Å²) < 4.78 is 79.8. The van der Waals surface area contributed by atoms with Gasteiger partial charge >= 0.3 is 12.4 Å². The van der Waals surface area contributed by atoms with Crippen molar-refractivity contribution in [2.75, 3.05) is 6.54 Å². The number of halogens is 6. The summed E-state index contributed by atoms with van der Waals surface area (Å²) in [6, 6.07) is 0.611. The Kier molecular flexibility index (Phi) is 6.34. The number of aliphatic hydroxyl groups is 1. The summed E-state index contributed by atoms with van der Waals surface area (Å²) in [4.78, 5) is 7.47. The summed E-state index contributed by atoms with van der Waals surface area (Å²) in [5.41, 5.74) is -2.19. The first-order valence-corrected chi connectivity index (χ1v) is 9.73. The van der Waals surface area contributed by atoms with Gasteiger partial charge in [-0.15, -0.1) is 11.3 Å². The Morgan fingerprint density at radius 3 is 2.53 bits per heavy atom. The second kappa shape index (κ2) is 8.48. The van der Waals surface area contributed by atoms with E-state index in [0.717, 1.165) is 0 Å². The highest BCUT2D eigenvalue weighted by Crippen LogP contribution is 2.32. The molecule has 0 amide bonds. The summed E-state index contributed by atoms with van der Waals surface area (Å²) >= 11 is 1.35. The van der Waals surface area contributed by atoms with Gasteiger partial charge in [-0.05, 0) is 30.5 Å². The van der Waals surface area contributed by atoms with Crippen LogP contribution >= 0.6 is 11.3 Å². The molecule has 4 nitrogen and oxygen atoms in total. The van der Waals surface area contributed by atoms with E-state index >= 15 is 0 Å². The van der Waals surface area contributed by atoms with Gasteiger partial charge in [-0.2, -0.15) is 26.3 Å². The monoisotopic (exact) mass is 449 g/mol. The second-order valence-corrected chi connectivity index (χ2v) is 7.49. The fraction of sp³-hybridized carbons (Fsp3) is 0.368. The van der Waals surface area contributed by atoms with Crippen molar-refractivity contribution in [2.24, 2.45) is 0 Å². The minimum atomic E-state index is -4.95. The predicted molar refractivity (Wildman–Crippen MR) is 101 cm³/mol. The number of nitrogens with one attached hydrogen (secondary N) is 1. The number of thiazole rings is 1. The molecule has 162 valence electrons. The molecule has 1 aliphatic rings. The second-order valence-electron chi connectivity index (χ2n) is 6.60. The molecule has 0 aliphatic heterocycles. The minimum absolute atomic E-state index is 0.00874. The maximum Gasteiger partial charge on any atom is 0.433 e. The Balaban J connectivity index is 1.96. The van der Waals surface area contributed by atoms with Crippen molar-refractivity contribution in [3.05, 3.63) is 50.6 Å². The number of alkyl halides is 6. The van der Waals surface area contributed by atoms with E-state index in [0.29, 0.717) is 16.8 Å². The lowest BCUT2D eigenvalue weighted by Gasteiger charge is -2.20. The molecular formula is C19H17F6N3OS. The summed E-state index contributed by atoms with van der Waals surface area (Å²) in [6.07, 6.45) is -8.76. The fourth-order valence-corrected chi connectivity index (χ4v) is 3.80. The average molecular weight is 449 g/mol. The average Bonchev–Trinajstić information content (AvgIpc) is 3.13. The Morgan fingerprint density at radius 2 is 1.93 bits per heavy atom. The zero-order valence-electron chi connectivity index (χ0n) is 15.4. The normalized spacial score (nSPS) is 15.5. The number of aromatic nitrogens is 2. The van der Waals surface area contributed by atoms with Gasteiger partial charge in [0.05, 0.1) is 22.7 Å². The van der Waals surface area contributed by atoms with E-state index in [2.05, 4.69) is 21.9 Å². The molecular weight excluding hydrogens is 432 g/mol. The third kappa shape index (κ3) is 4.90. The van der Waals surface area contributed by atoms with Gasteiger partial charge in [0, 0.05) is 23.7 Å². The molecule has 0 saturated carbocycles. The van der Waals surface area contributed by atoms with Crippen molar-refractivity contribution >= 4 is 29.1 Å². The van der Waals surface area contributed by atoms with Crippen LogP contribution in [-0.2, 0) is 12.7 Å². The van der Waals surface area contributed by atoms with Gasteiger partial charge in [0.15, 0.2) is 0 Å². The van der Waals surface area contributed by atoms with Crippen molar-refractivity contribution < 1.29 is 31.4 Å². The van der Waals surface area contributed by atoms with E-state index in [1.165, 1.54) is 17.4 Å². The molecule has 0 aromatic carbocycles. The number of rotatable bonds is 6. The topological polar surface area (TPSA) is 58.0 Å². The lowest BCUT2D eigenvalue weighted by molar-refractivity contribution is -0.141. The standard InChI is InChI=1S/C19H17F6N3OS/c1-2-16-27-10(9-30-16)7-26-8-14(29)12-6-15(19(23,24)25)28-17-11(12)4-3-5-13(17)18(20,21)22/h2,4,6,9,14,26,29H,1,3,5,7-8H2. The highest BCUT2D eigenvalue weighted by Gasteiger charge is 2.38. The largest absolute Gasteiger partial charge is 0.433 e. The Labute approximate surface area is 171 Å². The number of aliphatic hydroxyl groups excluding tert-OH is 1. The highest BCUT2D eigenvalue weighted by molar-refractivity contribution is 7.10. The van der Waals surface area contributed by atoms with Gasteiger partial charge in [0.2, 0.25) is 0 Å². The van der Waals surface area contributed by atoms with E-state index in [1.807, 2.05) is 0 Å². The van der Waals surface area contributed by atoms with Crippen molar-refractivity contribution in [1.82, 2.24) is 15.3 Å². The van der Waals surface area contributed by atoms with Crippen LogP contribution in [-0.4, -0.2) is 27.8 Å². The SMILES string of the molecule is C=Cc1nc(CNCC(O)c2cc(C(F)(F)F)nc3c2=CCCC=3C(F)(F)F)cs1. The van der Waals surface area contributed by atoms with Gasteiger partial charge in [-0.3, -0.25) is 0 Å². The third-order valence-electron chi connectivity index (χ3n) is 4.50. The zero-order chi connectivity index (χ0) is 22.1. The molecule has 2 aromatic rings. The molecule has 2 N–H and O–H groups in total. The molecule has 2 heterocycles. The molecule has 1 unspecified atom stereocenters. The molecule has 0 radical (unpaired) electrons. The van der Waals surface area contributed by atoms with Crippen LogP contribution < -0.4 is 15.9 Å². The molecule has 1 atom stereocenters. The van der Waals surface area contributed by atoms with Crippen LogP contribution in [0.3, 0.4) is 0 Å². The molecule has 30 heavy (non-hydrogen) atoms. The number of nitrogens with zero attached hydrogens (tertiary/aromatic N) is 2. The van der Waals surface area contributed by atoms with Gasteiger partial charge in [-0.1, -0.05) is 12.7 Å². The van der Waals surface area contributed by atoms with Gasteiger partial charge in [0.1, 0.15) is 10.7 Å².